The summed E-state index contributed by atoms with van der Waals surface area (Å²) in [7, 11) is 0. The molecule has 0 aliphatic rings. The molecular formula is C17H13ClFeO-6. The van der Waals surface area contributed by atoms with Crippen LogP contribution in [-0.2, 0) is 17.1 Å². The maximum atomic E-state index is 11.7. The smallest absolute Gasteiger partial charge is 0.112 e. The molecule has 0 saturated carbocycles. The number of carbonyl (C=O) groups excluding carboxylic acids is 1. The quantitative estimate of drug-likeness (QED) is 0.379. The number of ketones is 1. The molecule has 1 nitrogen and oxygen atoms in total. The topological polar surface area (TPSA) is 17.1 Å². The van der Waals surface area contributed by atoms with Gasteiger partial charge in [0.25, 0.3) is 0 Å². The molecule has 0 unspecified atom stereocenters. The van der Waals surface area contributed by atoms with Crippen molar-refractivity contribution in [3.63, 3.8) is 0 Å². The maximum absolute atomic E-state index is 11.7. The molecule has 0 aromatic heterocycles. The number of carbonyl (C=O) groups is 1. The fourth-order valence-corrected chi connectivity index (χ4v) is 1.78. The number of benzene rings is 1. The van der Waals surface area contributed by atoms with Crippen LogP contribution in [0.25, 0.3) is 0 Å². The Morgan fingerprint density at radius 3 is 1.95 bits per heavy atom. The fraction of sp³-hybridized carbons (Fsp3) is 0. The summed E-state index contributed by atoms with van der Waals surface area (Å²) in [5.41, 5.74) is 1.50. The van der Waals surface area contributed by atoms with Crippen molar-refractivity contribution in [2.24, 2.45) is 0 Å². The Morgan fingerprint density at radius 1 is 0.950 bits per heavy atom. The minimum absolute atomic E-state index is 0. The van der Waals surface area contributed by atoms with E-state index in [-0.39, 0.29) is 22.9 Å². The van der Waals surface area contributed by atoms with Crippen LogP contribution < -0.4 is 0 Å². The first kappa shape index (κ1) is 16.5. The van der Waals surface area contributed by atoms with Crippen molar-refractivity contribution in [2.75, 3.05) is 0 Å². The molecule has 0 N–H and O–H groups in total. The monoisotopic (exact) mass is 324 g/mol. The normalized spacial score (nSPS) is 9.05. The minimum atomic E-state index is 0. The van der Waals surface area contributed by atoms with Crippen LogP contribution in [0.15, 0.2) is 78.9 Å². The number of hydrogen-bond acceptors (Lipinski definition) is 1. The van der Waals surface area contributed by atoms with E-state index in [1.165, 1.54) is 0 Å². The van der Waals surface area contributed by atoms with Gasteiger partial charge in [-0.05, 0) is 0 Å². The van der Waals surface area contributed by atoms with E-state index >= 15 is 0 Å². The SMILES string of the molecule is Cl[c-]1[cH-][cH-][cH-][cH-]1.O=C(c1ccccc1)[c-]1cccc1.[Fe]. The third-order valence-electron chi connectivity index (χ3n) is 2.58. The number of halogens is 1. The van der Waals surface area contributed by atoms with Crippen molar-refractivity contribution in [3.8, 4) is 0 Å². The summed E-state index contributed by atoms with van der Waals surface area (Å²) in [6.45, 7) is 0. The summed E-state index contributed by atoms with van der Waals surface area (Å²) in [5, 5.41) is 0.815. The molecule has 3 heteroatoms. The fourth-order valence-electron chi connectivity index (χ4n) is 1.63. The van der Waals surface area contributed by atoms with E-state index in [9.17, 15) is 4.79 Å². The van der Waals surface area contributed by atoms with Gasteiger partial charge in [0.2, 0.25) is 0 Å². The third kappa shape index (κ3) is 4.82. The molecule has 0 atom stereocenters. The van der Waals surface area contributed by atoms with E-state index in [1.807, 2.05) is 78.9 Å². The molecule has 0 heterocycles. The Bertz CT molecular complexity index is 598. The van der Waals surface area contributed by atoms with Gasteiger partial charge in [0.05, 0.1) is 0 Å². The zero-order valence-corrected chi connectivity index (χ0v) is 12.5. The van der Waals surface area contributed by atoms with Crippen LogP contribution in [0.2, 0.25) is 5.02 Å². The van der Waals surface area contributed by atoms with Gasteiger partial charge in [0.1, 0.15) is 5.78 Å². The van der Waals surface area contributed by atoms with Crippen LogP contribution in [-0.4, -0.2) is 5.78 Å². The molecule has 0 radical (unpaired) electrons. The van der Waals surface area contributed by atoms with Crippen molar-refractivity contribution in [3.05, 3.63) is 95.0 Å². The first-order valence-corrected chi connectivity index (χ1v) is 6.34. The Labute approximate surface area is 134 Å². The number of hydrogen-bond donors (Lipinski definition) is 0. The first-order chi connectivity index (χ1) is 9.27. The van der Waals surface area contributed by atoms with Crippen molar-refractivity contribution >= 4 is 17.4 Å². The van der Waals surface area contributed by atoms with Crippen LogP contribution in [0.3, 0.4) is 0 Å². The molecule has 20 heavy (non-hydrogen) atoms. The Hall–Kier alpha value is -1.60. The van der Waals surface area contributed by atoms with Crippen LogP contribution in [0.1, 0.15) is 15.9 Å². The maximum Gasteiger partial charge on any atom is 0.112 e. The van der Waals surface area contributed by atoms with E-state index < -0.39 is 0 Å². The van der Waals surface area contributed by atoms with E-state index in [0.29, 0.717) is 0 Å². The summed E-state index contributed by atoms with van der Waals surface area (Å²) >= 11 is 5.46. The van der Waals surface area contributed by atoms with Gasteiger partial charge in [-0.2, -0.15) is 12.1 Å². The molecule has 108 valence electrons. The van der Waals surface area contributed by atoms with Crippen LogP contribution in [0.4, 0.5) is 0 Å². The molecule has 0 aliphatic carbocycles. The van der Waals surface area contributed by atoms with Gasteiger partial charge < -0.3 is 45.7 Å². The molecule has 3 aromatic rings. The van der Waals surface area contributed by atoms with Gasteiger partial charge in [-0.15, -0.1) is 12.1 Å². The van der Waals surface area contributed by atoms with Crippen molar-refractivity contribution in [2.45, 2.75) is 0 Å². The predicted molar refractivity (Wildman–Crippen MR) is 79.0 cm³/mol. The van der Waals surface area contributed by atoms with E-state index in [2.05, 4.69) is 0 Å². The third-order valence-corrected chi connectivity index (χ3v) is 2.83. The Morgan fingerprint density at radius 2 is 1.50 bits per heavy atom. The molecule has 0 bridgehead atoms. The second kappa shape index (κ2) is 8.55. The predicted octanol–water partition coefficient (Wildman–Crippen LogP) is 4.69. The van der Waals surface area contributed by atoms with Gasteiger partial charge >= 0.3 is 0 Å². The second-order valence-corrected chi connectivity index (χ2v) is 4.41. The van der Waals surface area contributed by atoms with Crippen LogP contribution in [0.5, 0.6) is 0 Å². The summed E-state index contributed by atoms with van der Waals surface area (Å²) < 4.78 is 0. The molecular weight excluding hydrogens is 311 g/mol. The zero-order chi connectivity index (χ0) is 13.5. The van der Waals surface area contributed by atoms with Crippen LogP contribution in [0, 0.1) is 0 Å². The second-order valence-electron chi connectivity index (χ2n) is 3.97. The van der Waals surface area contributed by atoms with Gasteiger partial charge in [-0.3, -0.25) is 0 Å². The molecule has 0 spiro atoms. The summed E-state index contributed by atoms with van der Waals surface area (Å²) in [5.74, 6) is 0.0885. The van der Waals surface area contributed by atoms with Gasteiger partial charge in [0, 0.05) is 17.1 Å². The summed E-state index contributed by atoms with van der Waals surface area (Å²) in [4.78, 5) is 11.7. The van der Waals surface area contributed by atoms with Crippen molar-refractivity contribution in [1.29, 1.82) is 0 Å². The number of rotatable bonds is 2. The first-order valence-electron chi connectivity index (χ1n) is 5.96. The average Bonchev–Trinajstić information content (AvgIpc) is 3.12. The molecule has 0 amide bonds. The average molecular weight is 325 g/mol. The van der Waals surface area contributed by atoms with Crippen molar-refractivity contribution in [1.82, 2.24) is 0 Å². The standard InChI is InChI=1S/C12H9O.C5H4Cl.Fe/c13-12(11-8-4-5-9-11)10-6-2-1-3-7-10;6-5-3-1-2-4-5;/h1-9H;1-4H;/q-1;-5;. The molecule has 0 fully saturated rings. The summed E-state index contributed by atoms with van der Waals surface area (Å²) in [6.07, 6.45) is 0. The molecule has 0 saturated heterocycles. The van der Waals surface area contributed by atoms with Gasteiger partial charge in [-0.1, -0.05) is 41.5 Å². The molecule has 3 rings (SSSR count). The van der Waals surface area contributed by atoms with Gasteiger partial charge in [0.15, 0.2) is 0 Å². The zero-order valence-electron chi connectivity index (χ0n) is 10.6. The Balaban J connectivity index is 0.000000243. The van der Waals surface area contributed by atoms with Crippen molar-refractivity contribution < 1.29 is 21.9 Å². The van der Waals surface area contributed by atoms with Crippen LogP contribution >= 0.6 is 11.6 Å². The Kier molecular flexibility index (Phi) is 7.03. The minimum Gasteiger partial charge on any atom is -0.747 e. The van der Waals surface area contributed by atoms with E-state index in [4.69, 9.17) is 11.6 Å². The van der Waals surface area contributed by atoms with E-state index in [0.717, 1.165) is 16.1 Å². The van der Waals surface area contributed by atoms with Gasteiger partial charge in [-0.25, -0.2) is 0 Å². The molecule has 0 aliphatic heterocycles. The largest absolute Gasteiger partial charge is 0.747 e. The summed E-state index contributed by atoms with van der Waals surface area (Å²) in [6, 6.07) is 24.2. The molecule has 3 aromatic carbocycles. The van der Waals surface area contributed by atoms with E-state index in [1.54, 1.807) is 0 Å².